The Morgan fingerprint density at radius 3 is 2.40 bits per heavy atom. The highest BCUT2D eigenvalue weighted by molar-refractivity contribution is 6.47. The first-order chi connectivity index (χ1) is 11.4. The van der Waals surface area contributed by atoms with E-state index in [1.165, 1.54) is 0 Å². The highest BCUT2D eigenvalue weighted by Gasteiger charge is 2.57. The summed E-state index contributed by atoms with van der Waals surface area (Å²) in [6, 6.07) is 1.91. The highest BCUT2D eigenvalue weighted by atomic mass is 16.7. The lowest BCUT2D eigenvalue weighted by Gasteiger charge is -2.37. The van der Waals surface area contributed by atoms with Gasteiger partial charge in [-0.3, -0.25) is 9.58 Å². The van der Waals surface area contributed by atoms with E-state index in [0.29, 0.717) is 13.1 Å². The van der Waals surface area contributed by atoms with Gasteiger partial charge in [-0.2, -0.15) is 5.10 Å². The summed E-state index contributed by atoms with van der Waals surface area (Å²) in [6.07, 6.45) is 1.38. The van der Waals surface area contributed by atoms with Crippen LogP contribution in [0.4, 0.5) is 4.79 Å². The van der Waals surface area contributed by atoms with E-state index < -0.39 is 29.9 Å². The maximum atomic E-state index is 12.8. The lowest BCUT2D eigenvalue weighted by atomic mass is 9.74. The van der Waals surface area contributed by atoms with E-state index in [-0.39, 0.29) is 6.09 Å². The number of amides is 1. The lowest BCUT2D eigenvalue weighted by Crippen LogP contribution is -2.51. The Hall–Kier alpha value is -1.54. The molecule has 1 fully saturated rings. The molecule has 0 N–H and O–H groups in total. The molecular formula is C17H28BN3O4. The molecule has 2 aliphatic heterocycles. The Bertz CT molecular complexity index is 649. The zero-order chi connectivity index (χ0) is 18.6. The van der Waals surface area contributed by atoms with Gasteiger partial charge in [0, 0.05) is 12.7 Å². The van der Waals surface area contributed by atoms with Gasteiger partial charge in [0.2, 0.25) is 0 Å². The van der Waals surface area contributed by atoms with Gasteiger partial charge in [0.05, 0.1) is 23.4 Å². The molecule has 2 aliphatic rings. The summed E-state index contributed by atoms with van der Waals surface area (Å²) in [6.45, 7) is 14.7. The number of rotatable bonds is 1. The van der Waals surface area contributed by atoms with Crippen molar-refractivity contribution < 1.29 is 18.8 Å². The predicted molar refractivity (Wildman–Crippen MR) is 94.0 cm³/mol. The average Bonchev–Trinajstić information content (AvgIpc) is 2.98. The van der Waals surface area contributed by atoms with Crippen LogP contribution in [0.25, 0.3) is 0 Å². The smallest absolute Gasteiger partial charge is 0.444 e. The summed E-state index contributed by atoms with van der Waals surface area (Å²) in [4.78, 5) is 14.5. The fraction of sp³-hybridized carbons (Fsp3) is 0.765. The molecule has 0 aliphatic carbocycles. The van der Waals surface area contributed by atoms with Crippen molar-refractivity contribution in [2.24, 2.45) is 0 Å². The van der Waals surface area contributed by atoms with E-state index in [4.69, 9.17) is 14.0 Å². The van der Waals surface area contributed by atoms with E-state index in [9.17, 15) is 4.79 Å². The predicted octanol–water partition coefficient (Wildman–Crippen LogP) is 2.81. The Morgan fingerprint density at radius 1 is 1.24 bits per heavy atom. The number of fused-ring (bicyclic) bond motifs is 1. The molecule has 0 spiro atoms. The molecule has 0 aromatic carbocycles. The third kappa shape index (κ3) is 3.29. The van der Waals surface area contributed by atoms with Crippen LogP contribution in [-0.4, -0.2) is 51.2 Å². The molecular weight excluding hydrogens is 321 g/mol. The minimum Gasteiger partial charge on any atom is -0.444 e. The van der Waals surface area contributed by atoms with Crippen molar-refractivity contribution in [3.8, 4) is 0 Å². The first-order valence-corrected chi connectivity index (χ1v) is 8.78. The zero-order valence-electron chi connectivity index (χ0n) is 16.2. The average molecular weight is 349 g/mol. The number of ether oxygens (including phenoxy) is 1. The molecule has 1 aromatic heterocycles. The Balaban J connectivity index is 1.93. The van der Waals surface area contributed by atoms with Crippen LogP contribution in [0.15, 0.2) is 12.3 Å². The van der Waals surface area contributed by atoms with Crippen LogP contribution in [0.5, 0.6) is 0 Å². The fourth-order valence-electron chi connectivity index (χ4n) is 3.11. The third-order valence-electron chi connectivity index (χ3n) is 5.10. The SMILES string of the molecule is CC(C)(C)OC(=O)N1CCn2nccc2C1B1OC(C)(C)C(C)(C)O1. The second kappa shape index (κ2) is 5.74. The molecule has 0 radical (unpaired) electrons. The Morgan fingerprint density at radius 2 is 1.84 bits per heavy atom. The molecule has 0 bridgehead atoms. The first-order valence-electron chi connectivity index (χ1n) is 8.78. The van der Waals surface area contributed by atoms with E-state index in [1.54, 1.807) is 11.1 Å². The van der Waals surface area contributed by atoms with Gasteiger partial charge >= 0.3 is 13.2 Å². The van der Waals surface area contributed by atoms with Gasteiger partial charge in [-0.25, -0.2) is 4.79 Å². The standard InChI is InChI=1S/C17H28BN3O4/c1-15(2,3)23-14(22)20-10-11-21-12(8-9-19-21)13(20)18-24-16(4,5)17(6,7)25-18/h8-9,13H,10-11H2,1-7H3. The van der Waals surface area contributed by atoms with Crippen molar-refractivity contribution in [1.29, 1.82) is 0 Å². The second-order valence-electron chi connectivity index (χ2n) is 8.72. The van der Waals surface area contributed by atoms with Crippen molar-refractivity contribution in [1.82, 2.24) is 14.7 Å². The van der Waals surface area contributed by atoms with Crippen molar-refractivity contribution >= 4 is 13.2 Å². The summed E-state index contributed by atoms with van der Waals surface area (Å²) in [5, 5.41) is 4.35. The van der Waals surface area contributed by atoms with Gasteiger partial charge in [0.25, 0.3) is 0 Å². The fourth-order valence-corrected chi connectivity index (χ4v) is 3.11. The minimum atomic E-state index is -0.576. The van der Waals surface area contributed by atoms with Crippen molar-refractivity contribution in [2.75, 3.05) is 6.54 Å². The molecule has 1 atom stereocenters. The van der Waals surface area contributed by atoms with E-state index in [2.05, 4.69) is 5.10 Å². The van der Waals surface area contributed by atoms with E-state index in [0.717, 1.165) is 5.69 Å². The van der Waals surface area contributed by atoms with E-state index >= 15 is 0 Å². The van der Waals surface area contributed by atoms with Gasteiger partial charge < -0.3 is 14.0 Å². The normalized spacial score (nSPS) is 25.0. The van der Waals surface area contributed by atoms with Gasteiger partial charge in [0.15, 0.2) is 0 Å². The van der Waals surface area contributed by atoms with Crippen molar-refractivity contribution in [2.45, 2.75) is 77.8 Å². The summed E-state index contributed by atoms with van der Waals surface area (Å²) in [7, 11) is -0.576. The zero-order valence-corrected chi connectivity index (χ0v) is 16.2. The molecule has 1 aromatic rings. The quantitative estimate of drug-likeness (QED) is 0.730. The molecule has 3 rings (SSSR count). The van der Waals surface area contributed by atoms with Crippen LogP contribution in [-0.2, 0) is 20.6 Å². The highest BCUT2D eigenvalue weighted by Crippen LogP contribution is 2.42. The van der Waals surface area contributed by atoms with Crippen LogP contribution >= 0.6 is 0 Å². The van der Waals surface area contributed by atoms with Gasteiger partial charge in [0.1, 0.15) is 11.5 Å². The van der Waals surface area contributed by atoms with Crippen LogP contribution in [0.3, 0.4) is 0 Å². The van der Waals surface area contributed by atoms with Crippen molar-refractivity contribution in [3.63, 3.8) is 0 Å². The number of hydrogen-bond acceptors (Lipinski definition) is 5. The molecule has 25 heavy (non-hydrogen) atoms. The third-order valence-corrected chi connectivity index (χ3v) is 5.10. The molecule has 0 saturated carbocycles. The van der Waals surface area contributed by atoms with Crippen LogP contribution < -0.4 is 0 Å². The van der Waals surface area contributed by atoms with Gasteiger partial charge in [-0.1, -0.05) is 0 Å². The molecule has 3 heterocycles. The number of aromatic nitrogens is 2. The van der Waals surface area contributed by atoms with E-state index in [1.807, 2.05) is 59.2 Å². The van der Waals surface area contributed by atoms with Gasteiger partial charge in [-0.15, -0.1) is 0 Å². The second-order valence-corrected chi connectivity index (χ2v) is 8.72. The number of hydrogen-bond donors (Lipinski definition) is 0. The van der Waals surface area contributed by atoms with Crippen LogP contribution in [0.2, 0.25) is 0 Å². The maximum absolute atomic E-state index is 12.8. The first kappa shape index (κ1) is 18.3. The van der Waals surface area contributed by atoms with Gasteiger partial charge in [-0.05, 0) is 54.5 Å². The van der Waals surface area contributed by atoms with Crippen LogP contribution in [0, 0.1) is 0 Å². The molecule has 7 nitrogen and oxygen atoms in total. The summed E-state index contributed by atoms with van der Waals surface area (Å²) < 4.78 is 20.0. The minimum absolute atomic E-state index is 0.361. The molecule has 8 heteroatoms. The molecule has 1 saturated heterocycles. The topological polar surface area (TPSA) is 65.8 Å². The number of nitrogens with zero attached hydrogens (tertiary/aromatic N) is 3. The summed E-state index contributed by atoms with van der Waals surface area (Å²) >= 11 is 0. The number of carbonyl (C=O) groups is 1. The Kier molecular flexibility index (Phi) is 4.19. The summed E-state index contributed by atoms with van der Waals surface area (Å²) in [5.41, 5.74) is -0.607. The maximum Gasteiger partial charge on any atom is 0.488 e. The van der Waals surface area contributed by atoms with Crippen molar-refractivity contribution in [3.05, 3.63) is 18.0 Å². The van der Waals surface area contributed by atoms with Crippen LogP contribution in [0.1, 0.15) is 60.1 Å². The lowest BCUT2D eigenvalue weighted by molar-refractivity contribution is 0.00578. The summed E-state index contributed by atoms with van der Waals surface area (Å²) in [5.74, 6) is -0.396. The molecule has 138 valence electrons. The largest absolute Gasteiger partial charge is 0.488 e. The Labute approximate surface area is 149 Å². The monoisotopic (exact) mass is 349 g/mol. The number of carbonyl (C=O) groups excluding carboxylic acids is 1. The molecule has 1 amide bonds. The molecule has 1 unspecified atom stereocenters.